The Hall–Kier alpha value is -3.47. The van der Waals surface area contributed by atoms with E-state index in [1.165, 1.54) is 6.07 Å². The highest BCUT2D eigenvalue weighted by Crippen LogP contribution is 2.29. The van der Waals surface area contributed by atoms with E-state index in [2.05, 4.69) is 0 Å². The summed E-state index contributed by atoms with van der Waals surface area (Å²) in [6.07, 6.45) is 1.70. The fourth-order valence-corrected chi connectivity index (χ4v) is 3.08. The molecule has 0 radical (unpaired) electrons. The van der Waals surface area contributed by atoms with Gasteiger partial charge in [0.1, 0.15) is 11.5 Å². The predicted octanol–water partition coefficient (Wildman–Crippen LogP) is 2.25. The number of carbonyl (C=O) groups excluding carboxylic acids is 1. The average molecular weight is 339 g/mol. The van der Waals surface area contributed by atoms with Crippen LogP contribution in [0, 0.1) is 35.3 Å². The molecule has 3 aromatic rings. The lowest BCUT2D eigenvalue weighted by atomic mass is 10.1. The van der Waals surface area contributed by atoms with Gasteiger partial charge in [0.05, 0.1) is 28.4 Å². The first-order valence-corrected chi connectivity index (χ1v) is 7.63. The molecule has 8 heteroatoms. The Morgan fingerprint density at radius 1 is 1.44 bits per heavy atom. The molecule has 2 aromatic heterocycles. The minimum absolute atomic E-state index is 0.149. The van der Waals surface area contributed by atoms with Gasteiger partial charge in [-0.05, 0) is 26.8 Å². The molecule has 2 heterocycles. The van der Waals surface area contributed by atoms with Crippen LogP contribution in [0.5, 0.6) is 0 Å². The topological polar surface area (TPSA) is 102 Å². The zero-order valence-electron chi connectivity index (χ0n) is 13.9. The fourth-order valence-electron chi connectivity index (χ4n) is 3.08. The third-order valence-electron chi connectivity index (χ3n) is 4.09. The number of benzene rings is 1. The quantitative estimate of drug-likeness (QED) is 0.315. The van der Waals surface area contributed by atoms with E-state index in [9.17, 15) is 20.2 Å². The molecular weight excluding hydrogens is 324 g/mol. The van der Waals surface area contributed by atoms with Crippen LogP contribution in [-0.4, -0.2) is 22.0 Å². The molecule has 0 aliphatic heterocycles. The first kappa shape index (κ1) is 16.4. The minimum Gasteiger partial charge on any atom is -0.461 e. The number of hydrogen-bond acceptors (Lipinski definition) is 5. The molecular formula is C17H15N4O4+. The molecule has 0 atom stereocenters. The number of fused-ring (bicyclic) bond motifs is 3. The highest BCUT2D eigenvalue weighted by atomic mass is 16.6. The minimum atomic E-state index is -0.512. The maximum Gasteiger partial charge on any atom is 0.361 e. The number of nitrogens with zero attached hydrogens (tertiary/aromatic N) is 4. The maximum absolute atomic E-state index is 12.4. The largest absolute Gasteiger partial charge is 0.461 e. The summed E-state index contributed by atoms with van der Waals surface area (Å²) in [5, 5.41) is 21.3. The molecule has 0 amide bonds. The number of aromatic nitrogens is 2. The van der Waals surface area contributed by atoms with Crippen LogP contribution in [0.4, 0.5) is 5.69 Å². The smallest absolute Gasteiger partial charge is 0.361 e. The molecule has 0 aliphatic carbocycles. The lowest BCUT2D eigenvalue weighted by Crippen LogP contribution is -2.33. The van der Waals surface area contributed by atoms with Crippen molar-refractivity contribution in [2.75, 3.05) is 6.61 Å². The van der Waals surface area contributed by atoms with Crippen molar-refractivity contribution in [2.24, 2.45) is 0 Å². The Kier molecular flexibility index (Phi) is 3.85. The Morgan fingerprint density at radius 3 is 2.76 bits per heavy atom. The molecule has 25 heavy (non-hydrogen) atoms. The second-order valence-electron chi connectivity index (χ2n) is 5.54. The summed E-state index contributed by atoms with van der Waals surface area (Å²) < 4.78 is 8.32. The second kappa shape index (κ2) is 5.87. The van der Waals surface area contributed by atoms with Crippen molar-refractivity contribution < 1.29 is 19.0 Å². The monoisotopic (exact) mass is 339 g/mol. The molecule has 0 bridgehead atoms. The van der Waals surface area contributed by atoms with E-state index in [1.54, 1.807) is 48.1 Å². The SMILES string of the molecule is CCOC(=O)c1c(C)c[n+]2c3cccc([N+](=O)[O-])c3c(C#N)c(C)n12. The number of nitriles is 1. The molecule has 0 aliphatic rings. The highest BCUT2D eigenvalue weighted by molar-refractivity contribution is 5.93. The molecule has 0 fully saturated rings. The predicted molar refractivity (Wildman–Crippen MR) is 87.4 cm³/mol. The van der Waals surface area contributed by atoms with Gasteiger partial charge < -0.3 is 4.74 Å². The Balaban J connectivity index is 2.57. The molecule has 0 spiro atoms. The fraction of sp³-hybridized carbons (Fsp3) is 0.235. The van der Waals surface area contributed by atoms with E-state index in [-0.39, 0.29) is 23.2 Å². The number of hydrogen-bond donors (Lipinski definition) is 0. The number of aryl methyl sites for hydroxylation is 2. The molecule has 1 aromatic carbocycles. The van der Waals surface area contributed by atoms with Gasteiger partial charge in [-0.2, -0.15) is 5.26 Å². The van der Waals surface area contributed by atoms with E-state index >= 15 is 0 Å². The first-order chi connectivity index (χ1) is 11.9. The van der Waals surface area contributed by atoms with Gasteiger partial charge >= 0.3 is 5.97 Å². The number of esters is 1. The van der Waals surface area contributed by atoms with E-state index in [4.69, 9.17) is 4.74 Å². The van der Waals surface area contributed by atoms with Crippen LogP contribution < -0.4 is 4.52 Å². The number of carbonyl (C=O) groups is 1. The summed E-state index contributed by atoms with van der Waals surface area (Å²) in [5.41, 5.74) is 1.85. The van der Waals surface area contributed by atoms with Crippen LogP contribution in [0.15, 0.2) is 24.4 Å². The molecule has 3 rings (SSSR count). The van der Waals surface area contributed by atoms with Crippen molar-refractivity contribution in [1.29, 1.82) is 5.26 Å². The summed E-state index contributed by atoms with van der Waals surface area (Å²) in [5.74, 6) is -0.510. The molecule has 126 valence electrons. The Labute approximate surface area is 142 Å². The summed E-state index contributed by atoms with van der Waals surface area (Å²) in [6, 6.07) is 6.63. The molecule has 8 nitrogen and oxygen atoms in total. The Bertz CT molecular complexity index is 1090. The standard InChI is InChI=1S/C17H15N4O4/c1-4-25-17(22)16-10(2)9-19-13-6-5-7-14(21(23)24)15(13)12(8-18)11(3)20(16)19/h5-7,9H,4H2,1-3H3/q+1. The zero-order chi connectivity index (χ0) is 18.3. The van der Waals surface area contributed by atoms with Gasteiger partial charge in [0.25, 0.3) is 11.2 Å². The third kappa shape index (κ3) is 2.29. The van der Waals surface area contributed by atoms with E-state index < -0.39 is 10.9 Å². The van der Waals surface area contributed by atoms with Crippen LogP contribution in [-0.2, 0) is 4.74 Å². The third-order valence-corrected chi connectivity index (χ3v) is 4.09. The molecule has 0 unspecified atom stereocenters. The summed E-state index contributed by atoms with van der Waals surface area (Å²) >= 11 is 0. The number of ether oxygens (including phenoxy) is 1. The molecule has 0 saturated heterocycles. The normalized spacial score (nSPS) is 10.8. The molecule has 0 saturated carbocycles. The summed E-state index contributed by atoms with van der Waals surface area (Å²) in [6.45, 7) is 5.33. The van der Waals surface area contributed by atoms with Gasteiger partial charge in [0, 0.05) is 12.1 Å². The number of rotatable bonds is 3. The second-order valence-corrected chi connectivity index (χ2v) is 5.54. The van der Waals surface area contributed by atoms with Crippen LogP contribution in [0.25, 0.3) is 10.9 Å². The molecule has 0 N–H and O–H groups in total. The van der Waals surface area contributed by atoms with Gasteiger partial charge in [-0.1, -0.05) is 4.52 Å². The van der Waals surface area contributed by atoms with Gasteiger partial charge in [0.15, 0.2) is 5.69 Å². The van der Waals surface area contributed by atoms with Crippen molar-refractivity contribution in [3.63, 3.8) is 0 Å². The number of nitro benzene ring substituents is 1. The number of non-ortho nitro benzene ring substituents is 1. The van der Waals surface area contributed by atoms with Crippen molar-refractivity contribution in [3.05, 3.63) is 57.0 Å². The van der Waals surface area contributed by atoms with Gasteiger partial charge in [-0.15, -0.1) is 4.52 Å². The van der Waals surface area contributed by atoms with Crippen molar-refractivity contribution >= 4 is 22.6 Å². The average Bonchev–Trinajstić information content (AvgIpc) is 2.92. The zero-order valence-corrected chi connectivity index (χ0v) is 13.9. The van der Waals surface area contributed by atoms with Crippen molar-refractivity contribution in [2.45, 2.75) is 20.8 Å². The van der Waals surface area contributed by atoms with Gasteiger partial charge in [-0.3, -0.25) is 10.1 Å². The first-order valence-electron chi connectivity index (χ1n) is 7.63. The van der Waals surface area contributed by atoms with Crippen LogP contribution >= 0.6 is 0 Å². The van der Waals surface area contributed by atoms with Crippen LogP contribution in [0.2, 0.25) is 0 Å². The highest BCUT2D eigenvalue weighted by Gasteiger charge is 2.31. The van der Waals surface area contributed by atoms with E-state index in [1.807, 2.05) is 6.07 Å². The lowest BCUT2D eigenvalue weighted by Gasteiger charge is -2.06. The van der Waals surface area contributed by atoms with E-state index in [0.717, 1.165) is 0 Å². The van der Waals surface area contributed by atoms with Gasteiger partial charge in [-0.25, -0.2) is 4.79 Å². The summed E-state index contributed by atoms with van der Waals surface area (Å²) in [7, 11) is 0. The van der Waals surface area contributed by atoms with E-state index in [0.29, 0.717) is 22.5 Å². The van der Waals surface area contributed by atoms with Crippen LogP contribution in [0.1, 0.15) is 34.2 Å². The lowest BCUT2D eigenvalue weighted by molar-refractivity contribution is -0.591. The van der Waals surface area contributed by atoms with Crippen LogP contribution in [0.3, 0.4) is 0 Å². The summed E-state index contributed by atoms with van der Waals surface area (Å²) in [4.78, 5) is 23.2. The number of nitro groups is 1. The van der Waals surface area contributed by atoms with Crippen molar-refractivity contribution in [3.8, 4) is 6.07 Å². The van der Waals surface area contributed by atoms with Gasteiger partial charge in [0.2, 0.25) is 6.20 Å². The van der Waals surface area contributed by atoms with Crippen molar-refractivity contribution in [1.82, 2.24) is 4.52 Å². The Morgan fingerprint density at radius 2 is 2.16 bits per heavy atom. The maximum atomic E-state index is 12.4.